The predicted octanol–water partition coefficient (Wildman–Crippen LogP) is 6.74. The van der Waals surface area contributed by atoms with Crippen molar-refractivity contribution in [2.75, 3.05) is 0 Å². The molecule has 0 atom stereocenters. The predicted molar refractivity (Wildman–Crippen MR) is 79.1 cm³/mol. The summed E-state index contributed by atoms with van der Waals surface area (Å²) in [5.41, 5.74) is -2.14. The summed E-state index contributed by atoms with van der Waals surface area (Å²) >= 11 is 16.4. The SMILES string of the molecule is FC(F)(F)C(F)(F)C(F)(F)C(F)(F)C(F)(F)C(F)(F)c1ccc([Si](Cl)(Cl)Cl)cc1. The van der Waals surface area contributed by atoms with Gasteiger partial charge < -0.3 is 0 Å². The van der Waals surface area contributed by atoms with Gasteiger partial charge in [-0.25, -0.2) is 0 Å². The van der Waals surface area contributed by atoms with Gasteiger partial charge in [-0.3, -0.25) is 0 Å². The van der Waals surface area contributed by atoms with Crippen LogP contribution >= 0.6 is 33.2 Å². The standard InChI is InChI=1S/C12H4Cl3F13Si/c13-29(14,15)6-3-1-5(2-4-6)7(16,17)8(18,19)9(20,21)10(22,23)11(24,25)12(26,27)28/h1-4H. The van der Waals surface area contributed by atoms with E-state index in [1.54, 1.807) is 0 Å². The number of rotatable bonds is 6. The van der Waals surface area contributed by atoms with Crippen LogP contribution in [0.1, 0.15) is 5.56 Å². The molecule has 0 spiro atoms. The first kappa shape index (κ1) is 26.4. The number of alkyl halides is 13. The van der Waals surface area contributed by atoms with Crippen molar-refractivity contribution in [2.45, 2.75) is 35.8 Å². The van der Waals surface area contributed by atoms with Gasteiger partial charge in [-0.05, 0) is 5.19 Å². The van der Waals surface area contributed by atoms with Crippen molar-refractivity contribution in [1.82, 2.24) is 0 Å². The highest BCUT2D eigenvalue weighted by Gasteiger charge is 2.90. The second kappa shape index (κ2) is 7.23. The Labute approximate surface area is 167 Å². The van der Waals surface area contributed by atoms with Crippen LogP contribution in [0.15, 0.2) is 24.3 Å². The highest BCUT2D eigenvalue weighted by atomic mass is 35.8. The third-order valence-electron chi connectivity index (χ3n) is 3.51. The van der Waals surface area contributed by atoms with Crippen LogP contribution in [0.2, 0.25) is 0 Å². The van der Waals surface area contributed by atoms with Gasteiger partial charge in [0.2, 0.25) is 0 Å². The van der Waals surface area contributed by atoms with Crippen LogP contribution in [-0.2, 0) is 5.92 Å². The Bertz CT molecular complexity index is 737. The van der Waals surface area contributed by atoms with Gasteiger partial charge in [0.25, 0.3) is 0 Å². The summed E-state index contributed by atoms with van der Waals surface area (Å²) in [5, 5.41) is -0.342. The highest BCUT2D eigenvalue weighted by molar-refractivity contribution is 7.69. The Morgan fingerprint density at radius 1 is 0.517 bits per heavy atom. The Hall–Kier alpha value is -0.603. The fourth-order valence-electron chi connectivity index (χ4n) is 1.82. The van der Waals surface area contributed by atoms with E-state index in [1.165, 1.54) is 0 Å². The zero-order valence-corrected chi connectivity index (χ0v) is 16.1. The normalized spacial score (nSPS) is 15.6. The van der Waals surface area contributed by atoms with Crippen LogP contribution in [0.5, 0.6) is 0 Å². The topological polar surface area (TPSA) is 0 Å². The van der Waals surface area contributed by atoms with E-state index in [0.717, 1.165) is 0 Å². The molecule has 1 aromatic carbocycles. The minimum atomic E-state index is -7.95. The van der Waals surface area contributed by atoms with Crippen LogP contribution < -0.4 is 5.19 Å². The van der Waals surface area contributed by atoms with Gasteiger partial charge in [-0.1, -0.05) is 24.3 Å². The molecule has 0 aliphatic rings. The van der Waals surface area contributed by atoms with E-state index in [2.05, 4.69) is 0 Å². The molecule has 29 heavy (non-hydrogen) atoms. The summed E-state index contributed by atoms with van der Waals surface area (Å²) in [6.45, 7) is 0. The van der Waals surface area contributed by atoms with Crippen LogP contribution in [0.4, 0.5) is 57.1 Å². The molecule has 0 aliphatic heterocycles. The van der Waals surface area contributed by atoms with Crippen LogP contribution in [0.25, 0.3) is 0 Å². The fourth-order valence-corrected chi connectivity index (χ4v) is 3.50. The molecule has 0 heterocycles. The maximum Gasteiger partial charge on any atom is 0.460 e. The molecule has 168 valence electrons. The molecule has 1 aromatic rings. The van der Waals surface area contributed by atoms with Gasteiger partial charge in [0.1, 0.15) is 0 Å². The van der Waals surface area contributed by atoms with Gasteiger partial charge >= 0.3 is 41.8 Å². The lowest BCUT2D eigenvalue weighted by molar-refractivity contribution is -0.441. The maximum atomic E-state index is 13.9. The van der Waals surface area contributed by atoms with Gasteiger partial charge in [0.05, 0.1) is 0 Å². The molecule has 0 unspecified atom stereocenters. The number of hydrogen-bond acceptors (Lipinski definition) is 0. The molecule has 0 N–H and O–H groups in total. The molecule has 0 saturated heterocycles. The van der Waals surface area contributed by atoms with E-state index in [9.17, 15) is 57.1 Å². The number of benzene rings is 1. The lowest BCUT2D eigenvalue weighted by atomic mass is 9.90. The van der Waals surface area contributed by atoms with Crippen LogP contribution in [0.3, 0.4) is 0 Å². The summed E-state index contributed by atoms with van der Waals surface area (Å²) < 4.78 is 170. The zero-order chi connectivity index (χ0) is 23.5. The Morgan fingerprint density at radius 3 is 1.17 bits per heavy atom. The van der Waals surface area contributed by atoms with Crippen molar-refractivity contribution in [3.63, 3.8) is 0 Å². The third-order valence-corrected chi connectivity index (χ3v) is 6.46. The van der Waals surface area contributed by atoms with E-state index >= 15 is 0 Å². The minimum Gasteiger partial charge on any atom is -0.194 e. The van der Waals surface area contributed by atoms with Gasteiger partial charge in [0.15, 0.2) is 0 Å². The van der Waals surface area contributed by atoms with Crippen molar-refractivity contribution in [3.05, 3.63) is 29.8 Å². The van der Waals surface area contributed by atoms with E-state index in [4.69, 9.17) is 33.2 Å². The molecule has 0 amide bonds. The Balaban J connectivity index is 3.54. The lowest BCUT2D eigenvalue weighted by Gasteiger charge is -2.39. The molecular formula is C12H4Cl3F13Si. The van der Waals surface area contributed by atoms with Gasteiger partial charge in [-0.15, -0.1) is 33.2 Å². The number of hydrogen-bond donors (Lipinski definition) is 0. The van der Waals surface area contributed by atoms with Crippen molar-refractivity contribution in [3.8, 4) is 0 Å². The van der Waals surface area contributed by atoms with Crippen molar-refractivity contribution >= 4 is 44.4 Å². The summed E-state index contributed by atoms with van der Waals surface area (Å²) in [6.07, 6.45) is -7.46. The Kier molecular flexibility index (Phi) is 6.59. The van der Waals surface area contributed by atoms with Gasteiger partial charge in [0, 0.05) is 5.56 Å². The first-order valence-corrected chi connectivity index (χ1v) is 11.6. The summed E-state index contributed by atoms with van der Waals surface area (Å²) in [7, 11) is 0. The molecular weight excluding hydrogens is 526 g/mol. The zero-order valence-electron chi connectivity index (χ0n) is 12.9. The summed E-state index contributed by atoms with van der Waals surface area (Å²) in [4.78, 5) is 0. The number of halogens is 16. The Morgan fingerprint density at radius 2 is 0.862 bits per heavy atom. The van der Waals surface area contributed by atoms with Crippen molar-refractivity contribution in [1.29, 1.82) is 0 Å². The highest BCUT2D eigenvalue weighted by Crippen LogP contribution is 2.61. The fraction of sp³-hybridized carbons (Fsp3) is 0.500. The minimum absolute atomic E-state index is 0.0613. The van der Waals surface area contributed by atoms with E-state index in [1.807, 2.05) is 0 Å². The first-order valence-electron chi connectivity index (χ1n) is 6.60. The maximum absolute atomic E-state index is 13.9. The van der Waals surface area contributed by atoms with Crippen LogP contribution in [-0.4, -0.2) is 35.9 Å². The quantitative estimate of drug-likeness (QED) is 0.217. The van der Waals surface area contributed by atoms with E-state index in [0.29, 0.717) is 12.1 Å². The molecule has 0 aromatic heterocycles. The average molecular weight is 530 g/mol. The molecule has 0 saturated carbocycles. The smallest absolute Gasteiger partial charge is 0.194 e. The molecule has 0 aliphatic carbocycles. The second-order valence-corrected chi connectivity index (χ2v) is 13.9. The summed E-state index contributed by atoms with van der Waals surface area (Å²) in [5.74, 6) is -37.3. The molecule has 0 radical (unpaired) electrons. The third kappa shape index (κ3) is 4.01. The largest absolute Gasteiger partial charge is 0.460 e. The van der Waals surface area contributed by atoms with Crippen molar-refractivity contribution < 1.29 is 57.1 Å². The lowest BCUT2D eigenvalue weighted by Crippen LogP contribution is -2.69. The van der Waals surface area contributed by atoms with E-state index < -0.39 is 47.4 Å². The molecule has 0 nitrogen and oxygen atoms in total. The molecule has 1 rings (SSSR count). The molecule has 0 fully saturated rings. The van der Waals surface area contributed by atoms with Gasteiger partial charge in [-0.2, -0.15) is 57.1 Å². The monoisotopic (exact) mass is 528 g/mol. The van der Waals surface area contributed by atoms with Crippen LogP contribution in [0, 0.1) is 0 Å². The van der Waals surface area contributed by atoms with E-state index in [-0.39, 0.29) is 17.3 Å². The first-order chi connectivity index (χ1) is 12.5. The molecule has 17 heteroatoms. The van der Waals surface area contributed by atoms with Crippen molar-refractivity contribution in [2.24, 2.45) is 0 Å². The average Bonchev–Trinajstić information content (AvgIpc) is 2.52. The molecule has 0 bridgehead atoms. The second-order valence-electron chi connectivity index (χ2n) is 5.44. The summed E-state index contributed by atoms with van der Waals surface area (Å²) in [6, 6.07) is -3.04.